The molecule has 0 aromatic heterocycles. The van der Waals surface area contributed by atoms with Crippen molar-refractivity contribution < 1.29 is 18.0 Å². The second kappa shape index (κ2) is 3.55. The van der Waals surface area contributed by atoms with Crippen molar-refractivity contribution in [2.75, 3.05) is 0 Å². The van der Waals surface area contributed by atoms with Crippen molar-refractivity contribution >= 4 is 11.9 Å². The average molecular weight is 158 g/mol. The Bertz CT molecular complexity index is 118. The maximum atomic E-state index is 11.0. The van der Waals surface area contributed by atoms with Gasteiger partial charge in [-0.2, -0.15) is 10.1 Å². The summed E-state index contributed by atoms with van der Waals surface area (Å²) in [5, 5.41) is 8.99. The molecule has 0 radical (unpaired) electrons. The van der Waals surface area contributed by atoms with Crippen molar-refractivity contribution in [3.05, 3.63) is 0 Å². The fourth-order valence-corrected chi connectivity index (χ4v) is 0.260. The molecule has 3 nitrogen and oxygen atoms in total. The van der Waals surface area contributed by atoms with Gasteiger partial charge in [0.1, 0.15) is 0 Å². The normalized spacial score (nSPS) is 10.9. The summed E-state index contributed by atoms with van der Waals surface area (Å²) in [4.78, 5) is 4.27. The second-order valence-electron chi connectivity index (χ2n) is 0.824. The maximum absolute atomic E-state index is 11.0. The summed E-state index contributed by atoms with van der Waals surface area (Å²) < 4.78 is 32.9. The Morgan fingerprint density at radius 3 is 2.44 bits per heavy atom. The van der Waals surface area contributed by atoms with Crippen LogP contribution in [0.4, 0.5) is 13.2 Å². The van der Waals surface area contributed by atoms with Crippen LogP contribution in [0, 0.1) is 10.7 Å². The zero-order valence-corrected chi connectivity index (χ0v) is 4.71. The van der Waals surface area contributed by atoms with Gasteiger partial charge in [-0.15, -0.1) is 18.1 Å². The number of halogens is 3. The van der Waals surface area contributed by atoms with Crippen molar-refractivity contribution in [3.63, 3.8) is 0 Å². The standard InChI is InChI=1S/C2HF3N2OS/c3-2(4,5)8-7-9-1-6/h7H. The molecule has 0 spiro atoms. The van der Waals surface area contributed by atoms with Crippen LogP contribution < -0.4 is 4.89 Å². The Balaban J connectivity index is 3.20. The molecule has 0 aliphatic carbocycles. The van der Waals surface area contributed by atoms with E-state index >= 15 is 0 Å². The van der Waals surface area contributed by atoms with Gasteiger partial charge < -0.3 is 0 Å². The van der Waals surface area contributed by atoms with Crippen LogP contribution in [-0.2, 0) is 4.84 Å². The first-order valence-corrected chi connectivity index (χ1v) is 2.42. The Hall–Kier alpha value is -0.450. The molecule has 0 fully saturated rings. The van der Waals surface area contributed by atoms with Gasteiger partial charge in [0, 0.05) is 0 Å². The molecule has 0 saturated heterocycles. The first-order chi connectivity index (χ1) is 4.06. The highest BCUT2D eigenvalue weighted by molar-refractivity contribution is 8.01. The van der Waals surface area contributed by atoms with Crippen LogP contribution in [0.5, 0.6) is 0 Å². The van der Waals surface area contributed by atoms with Gasteiger partial charge in [0.25, 0.3) is 0 Å². The minimum Gasteiger partial charge on any atom is -0.191 e. The van der Waals surface area contributed by atoms with Crippen molar-refractivity contribution in [3.8, 4) is 5.40 Å². The fourth-order valence-electron chi connectivity index (χ4n) is 0.0867. The van der Waals surface area contributed by atoms with E-state index in [4.69, 9.17) is 5.26 Å². The number of alkyl halides is 3. The minimum atomic E-state index is -4.73. The molecule has 9 heavy (non-hydrogen) atoms. The van der Waals surface area contributed by atoms with E-state index < -0.39 is 6.36 Å². The lowest BCUT2D eigenvalue weighted by atomic mass is 11.4. The third-order valence-electron chi connectivity index (χ3n) is 0.245. The predicted molar refractivity (Wildman–Crippen MR) is 23.5 cm³/mol. The highest BCUT2D eigenvalue weighted by atomic mass is 32.2. The Labute approximate surface area is 52.9 Å². The smallest absolute Gasteiger partial charge is 0.191 e. The Kier molecular flexibility index (Phi) is 3.37. The number of nitrogens with zero attached hydrogens (tertiary/aromatic N) is 1. The van der Waals surface area contributed by atoms with Crippen LogP contribution in [-0.4, -0.2) is 6.36 Å². The molecule has 0 bridgehead atoms. The lowest BCUT2D eigenvalue weighted by Gasteiger charge is -2.02. The van der Waals surface area contributed by atoms with E-state index in [9.17, 15) is 13.2 Å². The summed E-state index contributed by atoms with van der Waals surface area (Å²) in [5.74, 6) is 0. The Morgan fingerprint density at radius 2 is 2.11 bits per heavy atom. The maximum Gasteiger partial charge on any atom is 0.539 e. The van der Waals surface area contributed by atoms with E-state index in [0.717, 1.165) is 0 Å². The molecule has 0 unspecified atom stereocenters. The van der Waals surface area contributed by atoms with Crippen molar-refractivity contribution in [1.29, 1.82) is 5.26 Å². The fraction of sp³-hybridized carbons (Fsp3) is 0.500. The number of hydrogen-bond donors (Lipinski definition) is 1. The second-order valence-corrected chi connectivity index (χ2v) is 1.38. The van der Waals surface area contributed by atoms with Gasteiger partial charge in [0.05, 0.1) is 11.9 Å². The van der Waals surface area contributed by atoms with E-state index in [0.29, 0.717) is 0 Å². The highest BCUT2D eigenvalue weighted by Gasteiger charge is 2.29. The molecule has 0 amide bonds. The lowest BCUT2D eigenvalue weighted by Crippen LogP contribution is -2.19. The number of nitrogens with one attached hydrogen (secondary N) is 1. The van der Waals surface area contributed by atoms with Crippen molar-refractivity contribution in [2.45, 2.75) is 6.36 Å². The van der Waals surface area contributed by atoms with E-state index in [1.54, 1.807) is 0 Å². The molecular formula is C2HF3N2OS. The average Bonchev–Trinajstić information content (AvgIpc) is 1.63. The summed E-state index contributed by atoms with van der Waals surface area (Å²) >= 11 is 0.148. The summed E-state index contributed by atoms with van der Waals surface area (Å²) in [6.07, 6.45) is -4.73. The van der Waals surface area contributed by atoms with Gasteiger partial charge in [-0.25, -0.2) is 0 Å². The topological polar surface area (TPSA) is 45.0 Å². The SMILES string of the molecule is N#CSNOC(F)(F)F. The number of hydrogen-bond acceptors (Lipinski definition) is 4. The number of rotatable bonds is 2. The molecule has 0 aromatic carbocycles. The molecule has 0 aliphatic heterocycles. The third-order valence-corrected chi connectivity index (χ3v) is 0.503. The van der Waals surface area contributed by atoms with Crippen molar-refractivity contribution in [1.82, 2.24) is 4.89 Å². The van der Waals surface area contributed by atoms with E-state index in [1.807, 2.05) is 0 Å². The quantitative estimate of drug-likeness (QED) is 0.283. The summed E-state index contributed by atoms with van der Waals surface area (Å²) in [6, 6.07) is 0. The lowest BCUT2D eigenvalue weighted by molar-refractivity contribution is -0.337. The molecule has 0 rings (SSSR count). The van der Waals surface area contributed by atoms with Gasteiger partial charge >= 0.3 is 6.36 Å². The first kappa shape index (κ1) is 8.55. The Morgan fingerprint density at radius 1 is 1.56 bits per heavy atom. The van der Waals surface area contributed by atoms with E-state index in [2.05, 4.69) is 4.84 Å². The molecular weight excluding hydrogens is 157 g/mol. The van der Waals surface area contributed by atoms with E-state index in [-0.39, 0.29) is 11.9 Å². The third kappa shape index (κ3) is 7.55. The highest BCUT2D eigenvalue weighted by Crippen LogP contribution is 2.14. The number of nitriles is 1. The number of thiocyanates is 1. The van der Waals surface area contributed by atoms with Crippen LogP contribution in [0.25, 0.3) is 0 Å². The monoisotopic (exact) mass is 158 g/mol. The summed E-state index contributed by atoms with van der Waals surface area (Å²) in [6.45, 7) is 0. The predicted octanol–water partition coefficient (Wildman–Crippen LogP) is 1.16. The van der Waals surface area contributed by atoms with E-state index in [1.165, 1.54) is 10.3 Å². The van der Waals surface area contributed by atoms with Gasteiger partial charge in [0.15, 0.2) is 5.40 Å². The van der Waals surface area contributed by atoms with Crippen LogP contribution in [0.15, 0.2) is 0 Å². The summed E-state index contributed by atoms with van der Waals surface area (Å²) in [7, 11) is 0. The van der Waals surface area contributed by atoms with Crippen LogP contribution in [0.1, 0.15) is 0 Å². The van der Waals surface area contributed by atoms with Crippen LogP contribution in [0.2, 0.25) is 0 Å². The van der Waals surface area contributed by atoms with Gasteiger partial charge in [-0.05, 0) is 0 Å². The minimum absolute atomic E-state index is 0.148. The molecule has 0 heterocycles. The molecule has 0 atom stereocenters. The van der Waals surface area contributed by atoms with Crippen molar-refractivity contribution in [2.24, 2.45) is 0 Å². The van der Waals surface area contributed by atoms with Gasteiger partial charge in [0.2, 0.25) is 0 Å². The van der Waals surface area contributed by atoms with Gasteiger partial charge in [-0.1, -0.05) is 0 Å². The molecule has 0 saturated carbocycles. The zero-order chi connectivity index (χ0) is 7.33. The first-order valence-electron chi connectivity index (χ1n) is 1.61. The van der Waals surface area contributed by atoms with Gasteiger partial charge in [-0.3, -0.25) is 0 Å². The molecule has 1 N–H and O–H groups in total. The van der Waals surface area contributed by atoms with Crippen LogP contribution >= 0.6 is 11.9 Å². The largest absolute Gasteiger partial charge is 0.539 e. The zero-order valence-electron chi connectivity index (χ0n) is 3.90. The molecule has 0 aromatic rings. The summed E-state index contributed by atoms with van der Waals surface area (Å²) in [5.41, 5.74) is 0. The van der Waals surface area contributed by atoms with Crippen LogP contribution in [0.3, 0.4) is 0 Å². The molecule has 7 heteroatoms. The molecule has 52 valence electrons. The molecule has 0 aliphatic rings.